The second-order valence-corrected chi connectivity index (χ2v) is 7.10. The van der Waals surface area contributed by atoms with Crippen LogP contribution in [-0.4, -0.2) is 55.0 Å². The van der Waals surface area contributed by atoms with Crippen molar-refractivity contribution in [1.29, 1.82) is 5.26 Å². The highest BCUT2D eigenvalue weighted by molar-refractivity contribution is 5.94. The van der Waals surface area contributed by atoms with Crippen LogP contribution in [0.1, 0.15) is 31.1 Å². The number of carbonyl (C=O) groups excluding carboxylic acids is 2. The zero-order chi connectivity index (χ0) is 18.4. The van der Waals surface area contributed by atoms with Crippen LogP contribution in [0, 0.1) is 17.2 Å². The lowest BCUT2D eigenvalue weighted by atomic mass is 9.90. The average Bonchev–Trinajstić information content (AvgIpc) is 2.62. The maximum absolute atomic E-state index is 12.4. The van der Waals surface area contributed by atoms with Gasteiger partial charge in [-0.25, -0.2) is 0 Å². The SMILES string of the molecule is CC(C)[C@@](C)(C#N)NC(=O)C[NH+]1CCN(C(=O)c2ccccc2)CC1. The van der Waals surface area contributed by atoms with E-state index in [1.54, 1.807) is 6.92 Å². The number of carbonyl (C=O) groups is 2. The highest BCUT2D eigenvalue weighted by Crippen LogP contribution is 2.14. The molecule has 6 heteroatoms. The maximum atomic E-state index is 12.4. The van der Waals surface area contributed by atoms with Crippen LogP contribution in [0.4, 0.5) is 0 Å². The van der Waals surface area contributed by atoms with E-state index in [9.17, 15) is 14.9 Å². The lowest BCUT2D eigenvalue weighted by molar-refractivity contribution is -0.896. The minimum Gasteiger partial charge on any atom is -0.333 e. The molecule has 6 nitrogen and oxygen atoms in total. The van der Waals surface area contributed by atoms with Crippen molar-refractivity contribution >= 4 is 11.8 Å². The third kappa shape index (κ3) is 4.80. The molecule has 0 unspecified atom stereocenters. The van der Waals surface area contributed by atoms with Gasteiger partial charge in [-0.3, -0.25) is 9.59 Å². The van der Waals surface area contributed by atoms with Gasteiger partial charge in [-0.05, 0) is 25.0 Å². The first kappa shape index (κ1) is 18.9. The number of quaternary nitrogens is 1. The minimum atomic E-state index is -0.846. The van der Waals surface area contributed by atoms with E-state index in [1.807, 2.05) is 49.1 Å². The number of nitrogens with one attached hydrogen (secondary N) is 2. The number of amides is 2. The summed E-state index contributed by atoms with van der Waals surface area (Å²) < 4.78 is 0. The Morgan fingerprint density at radius 3 is 2.40 bits per heavy atom. The molecule has 0 aliphatic carbocycles. The van der Waals surface area contributed by atoms with E-state index in [1.165, 1.54) is 0 Å². The molecule has 0 saturated carbocycles. The van der Waals surface area contributed by atoms with Crippen molar-refractivity contribution in [2.45, 2.75) is 26.3 Å². The molecular formula is C19H27N4O2+. The number of nitriles is 1. The number of piperazine rings is 1. The van der Waals surface area contributed by atoms with Crippen LogP contribution in [0.25, 0.3) is 0 Å². The monoisotopic (exact) mass is 343 g/mol. The summed E-state index contributed by atoms with van der Waals surface area (Å²) in [6.07, 6.45) is 0. The fraction of sp³-hybridized carbons (Fsp3) is 0.526. The number of hydrogen-bond acceptors (Lipinski definition) is 3. The fourth-order valence-corrected chi connectivity index (χ4v) is 2.83. The molecular weight excluding hydrogens is 316 g/mol. The Morgan fingerprint density at radius 2 is 1.88 bits per heavy atom. The highest BCUT2D eigenvalue weighted by atomic mass is 16.2. The lowest BCUT2D eigenvalue weighted by Crippen LogP contribution is -3.16. The zero-order valence-electron chi connectivity index (χ0n) is 15.2. The van der Waals surface area contributed by atoms with Crippen molar-refractivity contribution in [3.8, 4) is 6.07 Å². The zero-order valence-corrected chi connectivity index (χ0v) is 15.2. The number of nitrogens with zero attached hydrogens (tertiary/aromatic N) is 2. The van der Waals surface area contributed by atoms with Crippen LogP contribution in [0.2, 0.25) is 0 Å². The van der Waals surface area contributed by atoms with E-state index < -0.39 is 5.54 Å². The molecule has 0 radical (unpaired) electrons. The molecule has 0 aromatic heterocycles. The third-order valence-electron chi connectivity index (χ3n) is 4.98. The summed E-state index contributed by atoms with van der Waals surface area (Å²) in [5.41, 5.74) is -0.146. The molecule has 2 amide bonds. The standard InChI is InChI=1S/C19H26N4O2/c1-15(2)19(3,14-20)21-17(24)13-22-9-11-23(12-10-22)18(25)16-7-5-4-6-8-16/h4-8,15H,9-13H2,1-3H3,(H,21,24)/p+1/t19-/m1/s1. The molecule has 1 fully saturated rings. The Morgan fingerprint density at radius 1 is 1.28 bits per heavy atom. The lowest BCUT2D eigenvalue weighted by Gasteiger charge is -2.33. The number of benzene rings is 1. The Kier molecular flexibility index (Phi) is 6.16. The van der Waals surface area contributed by atoms with Gasteiger partial charge in [-0.15, -0.1) is 0 Å². The van der Waals surface area contributed by atoms with Gasteiger partial charge in [0.1, 0.15) is 5.54 Å². The van der Waals surface area contributed by atoms with Crippen molar-refractivity contribution < 1.29 is 14.5 Å². The van der Waals surface area contributed by atoms with E-state index in [0.29, 0.717) is 25.2 Å². The first-order valence-corrected chi connectivity index (χ1v) is 8.76. The van der Waals surface area contributed by atoms with Crippen LogP contribution in [0.3, 0.4) is 0 Å². The molecule has 1 saturated heterocycles. The average molecular weight is 343 g/mol. The molecule has 1 atom stereocenters. The molecule has 25 heavy (non-hydrogen) atoms. The Balaban J connectivity index is 1.83. The van der Waals surface area contributed by atoms with E-state index in [2.05, 4.69) is 11.4 Å². The first-order chi connectivity index (χ1) is 11.9. The summed E-state index contributed by atoms with van der Waals surface area (Å²) in [6.45, 7) is 8.66. The Labute approximate surface area is 149 Å². The molecule has 1 aromatic carbocycles. The van der Waals surface area contributed by atoms with Gasteiger partial charge in [0.25, 0.3) is 11.8 Å². The Hall–Kier alpha value is -2.39. The summed E-state index contributed by atoms with van der Waals surface area (Å²) in [5.74, 6) is -0.0339. The largest absolute Gasteiger partial charge is 0.333 e. The van der Waals surface area contributed by atoms with Crippen LogP contribution in [0.5, 0.6) is 0 Å². The number of hydrogen-bond donors (Lipinski definition) is 2. The van der Waals surface area contributed by atoms with E-state index in [4.69, 9.17) is 0 Å². The van der Waals surface area contributed by atoms with Crippen molar-refractivity contribution in [1.82, 2.24) is 10.2 Å². The predicted molar refractivity (Wildman–Crippen MR) is 94.9 cm³/mol. The number of rotatable bonds is 5. The smallest absolute Gasteiger partial charge is 0.276 e. The van der Waals surface area contributed by atoms with Gasteiger partial charge in [-0.1, -0.05) is 32.0 Å². The summed E-state index contributed by atoms with van der Waals surface area (Å²) in [5, 5.41) is 12.1. The molecule has 2 rings (SSSR count). The summed E-state index contributed by atoms with van der Waals surface area (Å²) >= 11 is 0. The Bertz CT molecular complexity index is 645. The maximum Gasteiger partial charge on any atom is 0.276 e. The second kappa shape index (κ2) is 8.13. The summed E-state index contributed by atoms with van der Waals surface area (Å²) in [4.78, 5) is 27.7. The van der Waals surface area contributed by atoms with Gasteiger partial charge in [0, 0.05) is 5.56 Å². The molecule has 1 heterocycles. The molecule has 1 aliphatic heterocycles. The molecule has 1 aromatic rings. The topological polar surface area (TPSA) is 77.6 Å². The van der Waals surface area contributed by atoms with Crippen LogP contribution in [-0.2, 0) is 4.79 Å². The van der Waals surface area contributed by atoms with Crippen molar-refractivity contribution in [3.63, 3.8) is 0 Å². The minimum absolute atomic E-state index is 0.0387. The van der Waals surface area contributed by atoms with Gasteiger partial charge in [-0.2, -0.15) is 5.26 Å². The van der Waals surface area contributed by atoms with Crippen LogP contribution in [0.15, 0.2) is 30.3 Å². The van der Waals surface area contributed by atoms with Crippen molar-refractivity contribution in [3.05, 3.63) is 35.9 Å². The quantitative estimate of drug-likeness (QED) is 0.795. The van der Waals surface area contributed by atoms with Gasteiger partial charge in [0.15, 0.2) is 6.54 Å². The molecule has 2 N–H and O–H groups in total. The second-order valence-electron chi connectivity index (χ2n) is 7.10. The third-order valence-corrected chi connectivity index (χ3v) is 4.98. The predicted octanol–water partition coefficient (Wildman–Crippen LogP) is 0.0818. The van der Waals surface area contributed by atoms with Gasteiger partial charge in [0.05, 0.1) is 32.2 Å². The summed E-state index contributed by atoms with van der Waals surface area (Å²) in [6, 6.07) is 11.5. The molecule has 1 aliphatic rings. The van der Waals surface area contributed by atoms with Crippen LogP contribution >= 0.6 is 0 Å². The van der Waals surface area contributed by atoms with Gasteiger partial charge >= 0.3 is 0 Å². The summed E-state index contributed by atoms with van der Waals surface area (Å²) in [7, 11) is 0. The van der Waals surface area contributed by atoms with Crippen molar-refractivity contribution in [2.24, 2.45) is 5.92 Å². The van der Waals surface area contributed by atoms with E-state index in [0.717, 1.165) is 18.0 Å². The normalized spacial score (nSPS) is 17.6. The molecule has 134 valence electrons. The van der Waals surface area contributed by atoms with E-state index >= 15 is 0 Å². The first-order valence-electron chi connectivity index (χ1n) is 8.76. The van der Waals surface area contributed by atoms with Crippen LogP contribution < -0.4 is 10.2 Å². The molecule has 0 bridgehead atoms. The van der Waals surface area contributed by atoms with E-state index in [-0.39, 0.29) is 17.7 Å². The highest BCUT2D eigenvalue weighted by Gasteiger charge is 2.32. The van der Waals surface area contributed by atoms with Gasteiger partial charge < -0.3 is 15.1 Å². The van der Waals surface area contributed by atoms with Crippen molar-refractivity contribution in [2.75, 3.05) is 32.7 Å². The van der Waals surface area contributed by atoms with Gasteiger partial charge in [0.2, 0.25) is 0 Å². The fourth-order valence-electron chi connectivity index (χ4n) is 2.83. The molecule has 0 spiro atoms.